The van der Waals surface area contributed by atoms with Crippen LogP contribution in [0.4, 0.5) is 5.69 Å². The molecule has 0 aromatic heterocycles. The second-order valence-corrected chi connectivity index (χ2v) is 4.23. The summed E-state index contributed by atoms with van der Waals surface area (Å²) in [6.45, 7) is 1.33. The third-order valence-electron chi connectivity index (χ3n) is 2.35. The van der Waals surface area contributed by atoms with Crippen LogP contribution in [-0.4, -0.2) is 13.2 Å². The van der Waals surface area contributed by atoms with E-state index in [1.165, 1.54) is 0 Å². The molecule has 15 heavy (non-hydrogen) atoms. The number of anilines is 1. The summed E-state index contributed by atoms with van der Waals surface area (Å²) in [5, 5.41) is 1.21. The van der Waals surface area contributed by atoms with Crippen molar-refractivity contribution in [2.24, 2.45) is 0 Å². The standard InChI is InChI=1S/C11H11Cl2NO/c12-9-5-8(14)6-10(13)11(9)7-1-3-15-4-2-7/h1,5-6H,2-4,14H2. The lowest BCUT2D eigenvalue weighted by Crippen LogP contribution is -2.04. The van der Waals surface area contributed by atoms with E-state index in [0.29, 0.717) is 28.9 Å². The number of hydrogen-bond acceptors (Lipinski definition) is 2. The van der Waals surface area contributed by atoms with Gasteiger partial charge in [-0.2, -0.15) is 0 Å². The van der Waals surface area contributed by atoms with Gasteiger partial charge >= 0.3 is 0 Å². The highest BCUT2D eigenvalue weighted by Crippen LogP contribution is 2.35. The van der Waals surface area contributed by atoms with Crippen LogP contribution in [0.3, 0.4) is 0 Å². The van der Waals surface area contributed by atoms with Gasteiger partial charge in [-0.3, -0.25) is 0 Å². The molecule has 2 N–H and O–H groups in total. The molecule has 1 aromatic rings. The molecule has 0 spiro atoms. The summed E-state index contributed by atoms with van der Waals surface area (Å²) in [6.07, 6.45) is 2.84. The Morgan fingerprint density at radius 1 is 1.20 bits per heavy atom. The first-order valence-electron chi connectivity index (χ1n) is 4.70. The first kappa shape index (κ1) is 10.8. The van der Waals surface area contributed by atoms with Gasteiger partial charge in [0, 0.05) is 11.3 Å². The van der Waals surface area contributed by atoms with Gasteiger partial charge in [-0.05, 0) is 24.1 Å². The van der Waals surface area contributed by atoms with Gasteiger partial charge in [0.05, 0.1) is 23.3 Å². The SMILES string of the molecule is Nc1cc(Cl)c(C2=CCOCC2)c(Cl)c1. The predicted molar refractivity (Wildman–Crippen MR) is 64.3 cm³/mol. The van der Waals surface area contributed by atoms with Crippen molar-refractivity contribution in [2.45, 2.75) is 6.42 Å². The Morgan fingerprint density at radius 3 is 2.40 bits per heavy atom. The van der Waals surface area contributed by atoms with Crippen LogP contribution in [-0.2, 0) is 4.74 Å². The van der Waals surface area contributed by atoms with E-state index in [1.54, 1.807) is 12.1 Å². The summed E-state index contributed by atoms with van der Waals surface area (Å²) >= 11 is 12.2. The van der Waals surface area contributed by atoms with Crippen molar-refractivity contribution in [1.82, 2.24) is 0 Å². The van der Waals surface area contributed by atoms with Crippen molar-refractivity contribution >= 4 is 34.5 Å². The smallest absolute Gasteiger partial charge is 0.0653 e. The highest BCUT2D eigenvalue weighted by atomic mass is 35.5. The molecule has 0 bridgehead atoms. The summed E-state index contributed by atoms with van der Waals surface area (Å²) in [4.78, 5) is 0. The maximum absolute atomic E-state index is 6.12. The van der Waals surface area contributed by atoms with Gasteiger partial charge in [0.1, 0.15) is 0 Å². The van der Waals surface area contributed by atoms with Crippen molar-refractivity contribution in [3.8, 4) is 0 Å². The van der Waals surface area contributed by atoms with E-state index in [0.717, 1.165) is 17.6 Å². The normalized spacial score (nSPS) is 16.3. The van der Waals surface area contributed by atoms with Crippen LogP contribution in [0.25, 0.3) is 5.57 Å². The molecule has 1 aliphatic heterocycles. The molecular weight excluding hydrogens is 233 g/mol. The number of rotatable bonds is 1. The topological polar surface area (TPSA) is 35.2 Å². The molecule has 0 unspecified atom stereocenters. The van der Waals surface area contributed by atoms with E-state index < -0.39 is 0 Å². The van der Waals surface area contributed by atoms with Gasteiger partial charge < -0.3 is 10.5 Å². The molecule has 1 aliphatic rings. The Labute approximate surface area is 98.6 Å². The van der Waals surface area contributed by atoms with Crippen LogP contribution in [0.2, 0.25) is 10.0 Å². The summed E-state index contributed by atoms with van der Waals surface area (Å²) in [5.74, 6) is 0. The minimum Gasteiger partial charge on any atom is -0.399 e. The summed E-state index contributed by atoms with van der Waals surface area (Å²) in [6, 6.07) is 3.44. The first-order valence-corrected chi connectivity index (χ1v) is 5.46. The molecule has 2 rings (SSSR count). The fourth-order valence-corrected chi connectivity index (χ4v) is 2.40. The summed E-state index contributed by atoms with van der Waals surface area (Å²) in [5.41, 5.74) is 8.25. The Balaban J connectivity index is 2.47. The molecule has 1 heterocycles. The average Bonchev–Trinajstić information content (AvgIpc) is 2.17. The van der Waals surface area contributed by atoms with E-state index in [2.05, 4.69) is 0 Å². The van der Waals surface area contributed by atoms with Crippen molar-refractivity contribution in [2.75, 3.05) is 18.9 Å². The monoisotopic (exact) mass is 243 g/mol. The lowest BCUT2D eigenvalue weighted by Gasteiger charge is -2.16. The molecule has 0 fully saturated rings. The third-order valence-corrected chi connectivity index (χ3v) is 2.95. The Kier molecular flexibility index (Phi) is 3.19. The first-order chi connectivity index (χ1) is 7.18. The van der Waals surface area contributed by atoms with Crippen LogP contribution >= 0.6 is 23.2 Å². The molecule has 2 nitrogen and oxygen atoms in total. The van der Waals surface area contributed by atoms with Crippen molar-refractivity contribution < 1.29 is 4.74 Å². The predicted octanol–water partition coefficient (Wildman–Crippen LogP) is 3.38. The number of nitrogen functional groups attached to an aromatic ring is 1. The number of benzene rings is 1. The molecular formula is C11H11Cl2NO. The highest BCUT2D eigenvalue weighted by molar-refractivity contribution is 6.38. The lowest BCUT2D eigenvalue weighted by molar-refractivity contribution is 0.161. The minimum atomic E-state index is 0.585. The molecule has 0 saturated heterocycles. The molecule has 0 saturated carbocycles. The number of nitrogens with two attached hydrogens (primary N) is 1. The number of halogens is 2. The maximum atomic E-state index is 6.12. The van der Waals surface area contributed by atoms with Crippen LogP contribution in [0.15, 0.2) is 18.2 Å². The molecule has 1 aromatic carbocycles. The highest BCUT2D eigenvalue weighted by Gasteiger charge is 2.14. The van der Waals surface area contributed by atoms with Crippen molar-refractivity contribution in [1.29, 1.82) is 0 Å². The van der Waals surface area contributed by atoms with Gasteiger partial charge in [0.25, 0.3) is 0 Å². The van der Waals surface area contributed by atoms with Gasteiger partial charge in [-0.1, -0.05) is 29.3 Å². The zero-order valence-electron chi connectivity index (χ0n) is 8.09. The largest absolute Gasteiger partial charge is 0.399 e. The van der Waals surface area contributed by atoms with Gasteiger partial charge in [-0.15, -0.1) is 0 Å². The van der Waals surface area contributed by atoms with Crippen LogP contribution in [0.5, 0.6) is 0 Å². The quantitative estimate of drug-likeness (QED) is 0.768. The molecule has 80 valence electrons. The Bertz CT molecular complexity index is 392. The fourth-order valence-electron chi connectivity index (χ4n) is 1.65. The molecule has 4 heteroatoms. The van der Waals surface area contributed by atoms with E-state index in [1.807, 2.05) is 6.08 Å². The van der Waals surface area contributed by atoms with E-state index in [9.17, 15) is 0 Å². The van der Waals surface area contributed by atoms with E-state index in [4.69, 9.17) is 33.7 Å². The number of hydrogen-bond donors (Lipinski definition) is 1. The third kappa shape index (κ3) is 2.28. The average molecular weight is 244 g/mol. The maximum Gasteiger partial charge on any atom is 0.0653 e. The minimum absolute atomic E-state index is 0.585. The van der Waals surface area contributed by atoms with Crippen molar-refractivity contribution in [3.63, 3.8) is 0 Å². The Hall–Kier alpha value is -0.700. The van der Waals surface area contributed by atoms with Crippen molar-refractivity contribution in [3.05, 3.63) is 33.8 Å². The Morgan fingerprint density at radius 2 is 1.87 bits per heavy atom. The van der Waals surface area contributed by atoms with Gasteiger partial charge in [-0.25, -0.2) is 0 Å². The molecule has 0 atom stereocenters. The zero-order chi connectivity index (χ0) is 10.8. The van der Waals surface area contributed by atoms with Crippen LogP contribution in [0.1, 0.15) is 12.0 Å². The molecule has 0 amide bonds. The van der Waals surface area contributed by atoms with E-state index in [-0.39, 0.29) is 0 Å². The fraction of sp³-hybridized carbons (Fsp3) is 0.273. The lowest BCUT2D eigenvalue weighted by atomic mass is 10.0. The second-order valence-electron chi connectivity index (χ2n) is 3.41. The molecule has 0 aliphatic carbocycles. The van der Waals surface area contributed by atoms with Gasteiger partial charge in [0.2, 0.25) is 0 Å². The second kappa shape index (κ2) is 4.44. The van der Waals surface area contributed by atoms with Crippen LogP contribution < -0.4 is 5.73 Å². The summed E-state index contributed by atoms with van der Waals surface area (Å²) < 4.78 is 5.24. The van der Waals surface area contributed by atoms with Crippen LogP contribution in [0, 0.1) is 0 Å². The number of ether oxygens (including phenoxy) is 1. The summed E-state index contributed by atoms with van der Waals surface area (Å²) in [7, 11) is 0. The molecule has 0 radical (unpaired) electrons. The van der Waals surface area contributed by atoms with Gasteiger partial charge in [0.15, 0.2) is 0 Å². The van der Waals surface area contributed by atoms with E-state index >= 15 is 0 Å². The zero-order valence-corrected chi connectivity index (χ0v) is 9.61.